The van der Waals surface area contributed by atoms with E-state index < -0.39 is 30.2 Å². The first kappa shape index (κ1) is 13.6. The number of aliphatic carboxylic acids is 1. The highest BCUT2D eigenvalue weighted by Crippen LogP contribution is 2.13. The predicted molar refractivity (Wildman–Crippen MR) is 49.3 cm³/mol. The minimum Gasteiger partial charge on any atom is -0.481 e. The average Bonchev–Trinajstić information content (AvgIpc) is 2.18. The summed E-state index contributed by atoms with van der Waals surface area (Å²) in [5.41, 5.74) is 0. The maximum absolute atomic E-state index is 10.6. The van der Waals surface area contributed by atoms with Crippen LogP contribution in [0.4, 0.5) is 0 Å². The molecule has 14 heavy (non-hydrogen) atoms. The SMILES string of the molecule is Cl.O=C(O)[C@H]1CNC[C@@H](O)[C@H](O)[C@H]1O. The monoisotopic (exact) mass is 227 g/mol. The van der Waals surface area contributed by atoms with Gasteiger partial charge >= 0.3 is 5.97 Å². The number of aliphatic hydroxyl groups is 3. The Hall–Kier alpha value is -0.400. The molecule has 0 aliphatic carbocycles. The van der Waals surface area contributed by atoms with Crippen LogP contribution in [0.2, 0.25) is 0 Å². The molecule has 0 aromatic carbocycles. The zero-order valence-corrected chi connectivity index (χ0v) is 8.15. The van der Waals surface area contributed by atoms with Gasteiger partial charge in [0.25, 0.3) is 0 Å². The molecule has 4 atom stereocenters. The Morgan fingerprint density at radius 3 is 2.21 bits per heavy atom. The molecule has 5 N–H and O–H groups in total. The fraction of sp³-hybridized carbons (Fsp3) is 0.857. The standard InChI is InChI=1S/C7H13NO5.ClH/c9-4-2-8-1-3(7(12)13)5(10)6(4)11;/h3-6,8-11H,1-2H2,(H,12,13);1H/t3-,4+,5-,6-;/m0./s1. The van der Waals surface area contributed by atoms with E-state index in [9.17, 15) is 15.0 Å². The highest BCUT2D eigenvalue weighted by atomic mass is 35.5. The Morgan fingerprint density at radius 2 is 1.71 bits per heavy atom. The van der Waals surface area contributed by atoms with Gasteiger partial charge in [-0.2, -0.15) is 0 Å². The molecule has 0 unspecified atom stereocenters. The summed E-state index contributed by atoms with van der Waals surface area (Å²) >= 11 is 0. The zero-order chi connectivity index (χ0) is 10.0. The lowest BCUT2D eigenvalue weighted by molar-refractivity contribution is -0.150. The Bertz CT molecular complexity index is 203. The number of carboxylic acid groups (broad SMARTS) is 1. The molecule has 1 heterocycles. The van der Waals surface area contributed by atoms with Gasteiger partial charge in [-0.1, -0.05) is 0 Å². The van der Waals surface area contributed by atoms with Crippen LogP contribution in [0.15, 0.2) is 0 Å². The van der Waals surface area contributed by atoms with Gasteiger partial charge in [0.1, 0.15) is 6.10 Å². The number of nitrogens with one attached hydrogen (secondary N) is 1. The molecule has 7 heteroatoms. The molecule has 1 aliphatic rings. The van der Waals surface area contributed by atoms with E-state index in [4.69, 9.17) is 10.2 Å². The van der Waals surface area contributed by atoms with Crippen LogP contribution in [0, 0.1) is 5.92 Å². The molecule has 1 aliphatic heterocycles. The van der Waals surface area contributed by atoms with Gasteiger partial charge in [0.2, 0.25) is 0 Å². The minimum absolute atomic E-state index is 0. The second-order valence-electron chi connectivity index (χ2n) is 3.15. The van der Waals surface area contributed by atoms with E-state index in [2.05, 4.69) is 5.32 Å². The maximum Gasteiger partial charge on any atom is 0.310 e. The van der Waals surface area contributed by atoms with Crippen LogP contribution in [0.3, 0.4) is 0 Å². The molecule has 6 nitrogen and oxygen atoms in total. The quantitative estimate of drug-likeness (QED) is 0.348. The van der Waals surface area contributed by atoms with E-state index in [0.29, 0.717) is 0 Å². The number of rotatable bonds is 1. The zero-order valence-electron chi connectivity index (χ0n) is 7.33. The molecule has 0 amide bonds. The lowest BCUT2D eigenvalue weighted by Crippen LogP contribution is -2.43. The Kier molecular flexibility index (Phi) is 5.32. The second kappa shape index (κ2) is 5.47. The van der Waals surface area contributed by atoms with Crippen molar-refractivity contribution < 1.29 is 25.2 Å². The normalized spacial score (nSPS) is 38.2. The van der Waals surface area contributed by atoms with Gasteiger partial charge < -0.3 is 25.7 Å². The number of aliphatic hydroxyl groups excluding tert-OH is 3. The number of hydrogen-bond donors (Lipinski definition) is 5. The summed E-state index contributed by atoms with van der Waals surface area (Å²) in [6.45, 7) is 0.132. The minimum atomic E-state index is -1.43. The van der Waals surface area contributed by atoms with Crippen molar-refractivity contribution in [3.8, 4) is 0 Å². The van der Waals surface area contributed by atoms with Crippen molar-refractivity contribution in [2.75, 3.05) is 13.1 Å². The Balaban J connectivity index is 0.00000169. The fourth-order valence-corrected chi connectivity index (χ4v) is 1.33. The van der Waals surface area contributed by atoms with Crippen LogP contribution in [0.1, 0.15) is 0 Å². The van der Waals surface area contributed by atoms with E-state index in [1.54, 1.807) is 0 Å². The molecular weight excluding hydrogens is 214 g/mol. The summed E-state index contributed by atoms with van der Waals surface area (Å²) in [5.74, 6) is -2.26. The third kappa shape index (κ3) is 2.79. The first-order valence-corrected chi connectivity index (χ1v) is 4.01. The lowest BCUT2D eigenvalue weighted by atomic mass is 9.97. The largest absolute Gasteiger partial charge is 0.481 e. The van der Waals surface area contributed by atoms with Crippen molar-refractivity contribution in [3.05, 3.63) is 0 Å². The van der Waals surface area contributed by atoms with E-state index in [1.807, 2.05) is 0 Å². The van der Waals surface area contributed by atoms with E-state index in [0.717, 1.165) is 0 Å². The van der Waals surface area contributed by atoms with Gasteiger partial charge in [-0.15, -0.1) is 12.4 Å². The van der Waals surface area contributed by atoms with E-state index >= 15 is 0 Å². The van der Waals surface area contributed by atoms with Crippen LogP contribution >= 0.6 is 12.4 Å². The molecular formula is C7H14ClNO5. The van der Waals surface area contributed by atoms with E-state index in [1.165, 1.54) is 0 Å². The van der Waals surface area contributed by atoms with Crippen LogP contribution < -0.4 is 5.32 Å². The first-order valence-electron chi connectivity index (χ1n) is 4.01. The molecule has 0 aromatic rings. The highest BCUT2D eigenvalue weighted by Gasteiger charge is 2.37. The smallest absolute Gasteiger partial charge is 0.310 e. The summed E-state index contributed by atoms with van der Waals surface area (Å²) in [6, 6.07) is 0. The topological polar surface area (TPSA) is 110 Å². The Labute approximate surface area is 87.0 Å². The molecule has 84 valence electrons. The van der Waals surface area contributed by atoms with Crippen LogP contribution in [-0.4, -0.2) is 57.8 Å². The van der Waals surface area contributed by atoms with Crippen molar-refractivity contribution in [1.82, 2.24) is 5.32 Å². The predicted octanol–water partition coefficient (Wildman–Crippen LogP) is -2.21. The van der Waals surface area contributed by atoms with Crippen molar-refractivity contribution in [3.63, 3.8) is 0 Å². The second-order valence-corrected chi connectivity index (χ2v) is 3.15. The van der Waals surface area contributed by atoms with Crippen LogP contribution in [-0.2, 0) is 4.79 Å². The average molecular weight is 228 g/mol. The van der Waals surface area contributed by atoms with Crippen molar-refractivity contribution in [1.29, 1.82) is 0 Å². The van der Waals surface area contributed by atoms with Gasteiger partial charge in [-0.3, -0.25) is 4.79 Å². The molecule has 0 aromatic heterocycles. The molecule has 0 bridgehead atoms. The Morgan fingerprint density at radius 1 is 1.14 bits per heavy atom. The third-order valence-electron chi connectivity index (χ3n) is 2.19. The van der Waals surface area contributed by atoms with Gasteiger partial charge in [-0.05, 0) is 0 Å². The van der Waals surface area contributed by atoms with Gasteiger partial charge in [0.05, 0.1) is 18.1 Å². The summed E-state index contributed by atoms with van der Waals surface area (Å²) in [6.07, 6.45) is -3.96. The lowest BCUT2D eigenvalue weighted by Gasteiger charge is -2.22. The van der Waals surface area contributed by atoms with E-state index in [-0.39, 0.29) is 25.5 Å². The summed E-state index contributed by atoms with van der Waals surface area (Å²) in [5, 5.41) is 39.0. The summed E-state index contributed by atoms with van der Waals surface area (Å²) < 4.78 is 0. The highest BCUT2D eigenvalue weighted by molar-refractivity contribution is 5.85. The van der Waals surface area contributed by atoms with Gasteiger partial charge in [0, 0.05) is 13.1 Å². The van der Waals surface area contributed by atoms with Crippen molar-refractivity contribution >= 4 is 18.4 Å². The number of carboxylic acids is 1. The first-order chi connectivity index (χ1) is 6.04. The molecule has 0 radical (unpaired) electrons. The molecule has 1 fully saturated rings. The fourth-order valence-electron chi connectivity index (χ4n) is 1.33. The van der Waals surface area contributed by atoms with Gasteiger partial charge in [0.15, 0.2) is 0 Å². The molecule has 1 saturated heterocycles. The van der Waals surface area contributed by atoms with Crippen molar-refractivity contribution in [2.45, 2.75) is 18.3 Å². The van der Waals surface area contributed by atoms with Gasteiger partial charge in [-0.25, -0.2) is 0 Å². The number of halogens is 1. The van der Waals surface area contributed by atoms with Crippen molar-refractivity contribution in [2.24, 2.45) is 5.92 Å². The third-order valence-corrected chi connectivity index (χ3v) is 2.19. The number of hydrogen-bond acceptors (Lipinski definition) is 5. The summed E-state index contributed by atoms with van der Waals surface area (Å²) in [7, 11) is 0. The molecule has 1 rings (SSSR count). The molecule has 0 saturated carbocycles. The number of β-amino-alcohol motifs (C(OH)–C–C–N with tert-alkyl or cyclic N) is 1. The van der Waals surface area contributed by atoms with Crippen LogP contribution in [0.25, 0.3) is 0 Å². The molecule has 0 spiro atoms. The number of carbonyl (C=O) groups is 1. The van der Waals surface area contributed by atoms with Crippen LogP contribution in [0.5, 0.6) is 0 Å². The maximum atomic E-state index is 10.6. The summed E-state index contributed by atoms with van der Waals surface area (Å²) in [4.78, 5) is 10.6.